The first-order chi connectivity index (χ1) is 16.4. The minimum absolute atomic E-state index is 0.103. The summed E-state index contributed by atoms with van der Waals surface area (Å²) in [5, 5.41) is 29.8. The minimum atomic E-state index is -0.743. The molecule has 0 unspecified atom stereocenters. The zero-order valence-corrected chi connectivity index (χ0v) is 21.4. The number of aromatic hydroxyl groups is 3. The van der Waals surface area contributed by atoms with Crippen LogP contribution in [0.3, 0.4) is 0 Å². The Hall–Kier alpha value is -2.24. The molecule has 0 aliphatic rings. The Morgan fingerprint density at radius 2 is 1.18 bits per heavy atom. The third-order valence-electron chi connectivity index (χ3n) is 6.26. The monoisotopic (exact) mass is 478 g/mol. The van der Waals surface area contributed by atoms with Gasteiger partial charge in [-0.1, -0.05) is 96.8 Å². The standard InChI is InChI=1S/C28H46O6/c1-3-5-6-7-8-9-10-11-12-13-14-15-16-17-18-19-23(29)26-22(21-25(31)34-4-2)20-24(30)27(32)28(26)33/h20,30,32-33H,3-19,21H2,1-2H3. The van der Waals surface area contributed by atoms with E-state index in [0.29, 0.717) is 6.42 Å². The van der Waals surface area contributed by atoms with Crippen molar-refractivity contribution in [3.63, 3.8) is 0 Å². The van der Waals surface area contributed by atoms with Crippen LogP contribution in [-0.4, -0.2) is 33.7 Å². The Bertz CT molecular complexity index is 728. The average molecular weight is 479 g/mol. The highest BCUT2D eigenvalue weighted by atomic mass is 16.5. The molecule has 6 nitrogen and oxygen atoms in total. The first kappa shape index (κ1) is 29.8. The lowest BCUT2D eigenvalue weighted by Gasteiger charge is -2.13. The second kappa shape index (κ2) is 18.1. The molecule has 0 aromatic heterocycles. The summed E-state index contributed by atoms with van der Waals surface area (Å²) in [5.41, 5.74) is 0.0610. The predicted octanol–water partition coefficient (Wildman–Crippen LogP) is 7.35. The van der Waals surface area contributed by atoms with Crippen molar-refractivity contribution < 1.29 is 29.6 Å². The summed E-state index contributed by atoms with van der Waals surface area (Å²) in [6, 6.07) is 1.14. The van der Waals surface area contributed by atoms with Crippen molar-refractivity contribution in [1.29, 1.82) is 0 Å². The van der Waals surface area contributed by atoms with Gasteiger partial charge >= 0.3 is 5.97 Å². The van der Waals surface area contributed by atoms with Crippen molar-refractivity contribution >= 4 is 11.8 Å². The predicted molar refractivity (Wildman–Crippen MR) is 136 cm³/mol. The highest BCUT2D eigenvalue weighted by Crippen LogP contribution is 2.40. The number of benzene rings is 1. The average Bonchev–Trinajstić information content (AvgIpc) is 2.80. The molecule has 0 bridgehead atoms. The van der Waals surface area contributed by atoms with E-state index in [-0.39, 0.29) is 36.4 Å². The molecule has 194 valence electrons. The van der Waals surface area contributed by atoms with Crippen LogP contribution in [0.1, 0.15) is 133 Å². The van der Waals surface area contributed by atoms with Gasteiger partial charge in [-0.2, -0.15) is 0 Å². The van der Waals surface area contributed by atoms with Crippen molar-refractivity contribution in [2.45, 2.75) is 123 Å². The minimum Gasteiger partial charge on any atom is -0.504 e. The van der Waals surface area contributed by atoms with E-state index >= 15 is 0 Å². The molecule has 0 fully saturated rings. The molecular formula is C28H46O6. The smallest absolute Gasteiger partial charge is 0.310 e. The normalized spacial score (nSPS) is 11.0. The summed E-state index contributed by atoms with van der Waals surface area (Å²) < 4.78 is 4.90. The van der Waals surface area contributed by atoms with E-state index in [1.54, 1.807) is 6.92 Å². The number of hydrogen-bond donors (Lipinski definition) is 3. The maximum atomic E-state index is 12.7. The van der Waals surface area contributed by atoms with Crippen LogP contribution in [0.2, 0.25) is 0 Å². The maximum absolute atomic E-state index is 12.7. The lowest BCUT2D eigenvalue weighted by molar-refractivity contribution is -0.142. The first-order valence-corrected chi connectivity index (χ1v) is 13.4. The van der Waals surface area contributed by atoms with Crippen molar-refractivity contribution in [3.05, 3.63) is 17.2 Å². The quantitative estimate of drug-likeness (QED) is 0.0783. The van der Waals surface area contributed by atoms with Crippen molar-refractivity contribution in [3.8, 4) is 17.2 Å². The lowest BCUT2D eigenvalue weighted by Crippen LogP contribution is -2.12. The molecule has 0 aliphatic heterocycles. The summed E-state index contributed by atoms with van der Waals surface area (Å²) in [6.07, 6.45) is 18.5. The zero-order valence-electron chi connectivity index (χ0n) is 21.4. The number of phenolic OH excluding ortho intramolecular Hbond substituents is 3. The van der Waals surface area contributed by atoms with Crippen LogP contribution in [0.15, 0.2) is 6.07 Å². The van der Waals surface area contributed by atoms with Gasteiger partial charge in [0.2, 0.25) is 5.75 Å². The van der Waals surface area contributed by atoms with Crippen molar-refractivity contribution in [2.75, 3.05) is 6.61 Å². The number of phenols is 3. The number of unbranched alkanes of at least 4 members (excludes halogenated alkanes) is 14. The van der Waals surface area contributed by atoms with Gasteiger partial charge < -0.3 is 20.1 Å². The second-order valence-electron chi connectivity index (χ2n) is 9.23. The highest BCUT2D eigenvalue weighted by molar-refractivity contribution is 6.02. The molecule has 6 heteroatoms. The molecule has 0 heterocycles. The molecule has 0 radical (unpaired) electrons. The summed E-state index contributed by atoms with van der Waals surface area (Å²) >= 11 is 0. The van der Waals surface area contributed by atoms with E-state index in [1.165, 1.54) is 70.6 Å². The third kappa shape index (κ3) is 11.8. The molecule has 0 amide bonds. The van der Waals surface area contributed by atoms with E-state index < -0.39 is 23.2 Å². The number of carbonyl (C=O) groups is 2. The summed E-state index contributed by atoms with van der Waals surface area (Å²) in [6.45, 7) is 4.12. The van der Waals surface area contributed by atoms with Crippen molar-refractivity contribution in [2.24, 2.45) is 0 Å². The van der Waals surface area contributed by atoms with Gasteiger partial charge in [0, 0.05) is 6.42 Å². The van der Waals surface area contributed by atoms with Crippen LogP contribution in [-0.2, 0) is 16.0 Å². The van der Waals surface area contributed by atoms with Crippen LogP contribution >= 0.6 is 0 Å². The number of carbonyl (C=O) groups excluding carboxylic acids is 2. The van der Waals surface area contributed by atoms with Crippen LogP contribution in [0.25, 0.3) is 0 Å². The van der Waals surface area contributed by atoms with Crippen LogP contribution in [0.4, 0.5) is 0 Å². The van der Waals surface area contributed by atoms with Crippen LogP contribution < -0.4 is 0 Å². The third-order valence-corrected chi connectivity index (χ3v) is 6.26. The number of esters is 1. The number of ether oxygens (including phenoxy) is 1. The van der Waals surface area contributed by atoms with E-state index in [1.807, 2.05) is 0 Å². The van der Waals surface area contributed by atoms with Crippen LogP contribution in [0.5, 0.6) is 17.2 Å². The van der Waals surface area contributed by atoms with Gasteiger partial charge in [-0.05, 0) is 25.0 Å². The van der Waals surface area contributed by atoms with E-state index in [2.05, 4.69) is 6.92 Å². The van der Waals surface area contributed by atoms with E-state index in [0.717, 1.165) is 25.3 Å². The molecular weight excluding hydrogens is 432 g/mol. The fraction of sp³-hybridized carbons (Fsp3) is 0.714. The Morgan fingerprint density at radius 3 is 1.65 bits per heavy atom. The molecule has 0 atom stereocenters. The molecule has 0 aliphatic carbocycles. The Balaban J connectivity index is 2.26. The summed E-state index contributed by atoms with van der Waals surface area (Å²) in [4.78, 5) is 24.6. The van der Waals surface area contributed by atoms with E-state index in [4.69, 9.17) is 4.74 Å². The van der Waals surface area contributed by atoms with Gasteiger partial charge in [0.15, 0.2) is 17.3 Å². The van der Waals surface area contributed by atoms with Gasteiger partial charge in [-0.3, -0.25) is 9.59 Å². The van der Waals surface area contributed by atoms with Gasteiger partial charge in [0.05, 0.1) is 18.6 Å². The SMILES string of the molecule is CCCCCCCCCCCCCCCCCC(=O)c1c(CC(=O)OCC)cc(O)c(O)c1O. The number of Topliss-reactive ketones (excluding diaryl/α,β-unsaturated/α-hetero) is 1. The Kier molecular flexibility index (Phi) is 15.9. The molecule has 1 rings (SSSR count). The fourth-order valence-electron chi connectivity index (χ4n) is 4.30. The molecule has 1 aromatic carbocycles. The summed E-state index contributed by atoms with van der Waals surface area (Å²) in [5.74, 6) is -2.90. The molecule has 0 spiro atoms. The second-order valence-corrected chi connectivity index (χ2v) is 9.23. The first-order valence-electron chi connectivity index (χ1n) is 13.4. The highest BCUT2D eigenvalue weighted by Gasteiger charge is 2.23. The van der Waals surface area contributed by atoms with Gasteiger partial charge in [0.1, 0.15) is 0 Å². The lowest BCUT2D eigenvalue weighted by atomic mass is 9.95. The maximum Gasteiger partial charge on any atom is 0.310 e. The van der Waals surface area contributed by atoms with E-state index in [9.17, 15) is 24.9 Å². The van der Waals surface area contributed by atoms with Crippen LogP contribution in [0, 0.1) is 0 Å². The molecule has 34 heavy (non-hydrogen) atoms. The molecule has 3 N–H and O–H groups in total. The largest absolute Gasteiger partial charge is 0.504 e. The Morgan fingerprint density at radius 1 is 0.706 bits per heavy atom. The van der Waals surface area contributed by atoms with Gasteiger partial charge in [0.25, 0.3) is 0 Å². The number of rotatable bonds is 20. The number of ketones is 1. The molecule has 0 saturated heterocycles. The molecule has 0 saturated carbocycles. The van der Waals surface area contributed by atoms with Gasteiger partial charge in [-0.25, -0.2) is 0 Å². The zero-order chi connectivity index (χ0) is 25.2. The fourth-order valence-corrected chi connectivity index (χ4v) is 4.30. The summed E-state index contributed by atoms with van der Waals surface area (Å²) in [7, 11) is 0. The Labute approximate surface area is 205 Å². The number of hydrogen-bond acceptors (Lipinski definition) is 6. The van der Waals surface area contributed by atoms with Gasteiger partial charge in [-0.15, -0.1) is 0 Å². The van der Waals surface area contributed by atoms with Crippen molar-refractivity contribution in [1.82, 2.24) is 0 Å². The topological polar surface area (TPSA) is 104 Å². The molecule has 1 aromatic rings.